The second-order valence-corrected chi connectivity index (χ2v) is 8.79. The van der Waals surface area contributed by atoms with E-state index in [0.717, 1.165) is 38.5 Å². The Morgan fingerprint density at radius 2 is 2.00 bits per heavy atom. The minimum Gasteiger partial charge on any atom is -0.497 e. The summed E-state index contributed by atoms with van der Waals surface area (Å²) in [6.45, 7) is 1.85. The standard InChI is InChI=1S/C24H19N3O2S2/c1-15-13-31-24(26-15)20(12-25)22(28)14-30-23-11-19(16-6-4-3-5-7-16)18-9-8-17(29-2)10-21(18)27-23/h3-11,13,20H,14H2,1-2H3/t20-/m1/s1. The van der Waals surface area contributed by atoms with Crippen LogP contribution in [0.3, 0.4) is 0 Å². The van der Waals surface area contributed by atoms with Gasteiger partial charge in [0.15, 0.2) is 11.7 Å². The van der Waals surface area contributed by atoms with Crippen LogP contribution < -0.4 is 4.74 Å². The molecule has 1 atom stereocenters. The lowest BCUT2D eigenvalue weighted by Gasteiger charge is -2.11. The van der Waals surface area contributed by atoms with Crippen molar-refractivity contribution in [2.45, 2.75) is 17.9 Å². The second-order valence-electron chi connectivity index (χ2n) is 6.90. The van der Waals surface area contributed by atoms with Crippen LogP contribution in [0.1, 0.15) is 16.6 Å². The molecule has 31 heavy (non-hydrogen) atoms. The van der Waals surface area contributed by atoms with Crippen LogP contribution in [0.25, 0.3) is 22.0 Å². The van der Waals surface area contributed by atoms with Gasteiger partial charge in [-0.2, -0.15) is 5.26 Å². The molecule has 2 heterocycles. The fraction of sp³-hybridized carbons (Fsp3) is 0.167. The highest BCUT2D eigenvalue weighted by molar-refractivity contribution is 7.99. The number of rotatable bonds is 7. The molecule has 0 aliphatic rings. The van der Waals surface area contributed by atoms with E-state index in [0.29, 0.717) is 5.01 Å². The summed E-state index contributed by atoms with van der Waals surface area (Å²) in [5.74, 6) is -0.148. The lowest BCUT2D eigenvalue weighted by Crippen LogP contribution is -2.13. The molecular formula is C24H19N3O2S2. The van der Waals surface area contributed by atoms with E-state index in [1.54, 1.807) is 7.11 Å². The Labute approximate surface area is 188 Å². The molecule has 0 unspecified atom stereocenters. The summed E-state index contributed by atoms with van der Waals surface area (Å²) < 4.78 is 5.36. The monoisotopic (exact) mass is 445 g/mol. The van der Waals surface area contributed by atoms with Crippen LogP contribution in [0.2, 0.25) is 0 Å². The number of ketones is 1. The van der Waals surface area contributed by atoms with Crippen molar-refractivity contribution in [3.8, 4) is 22.9 Å². The minimum atomic E-state index is -0.847. The van der Waals surface area contributed by atoms with Crippen molar-refractivity contribution in [1.82, 2.24) is 9.97 Å². The van der Waals surface area contributed by atoms with Crippen LogP contribution in [0.5, 0.6) is 5.75 Å². The van der Waals surface area contributed by atoms with E-state index >= 15 is 0 Å². The molecule has 154 valence electrons. The van der Waals surface area contributed by atoms with E-state index in [9.17, 15) is 10.1 Å². The zero-order chi connectivity index (χ0) is 21.8. The third kappa shape index (κ3) is 4.61. The molecule has 0 spiro atoms. The van der Waals surface area contributed by atoms with Gasteiger partial charge >= 0.3 is 0 Å². The molecule has 0 aliphatic heterocycles. The first-order valence-corrected chi connectivity index (χ1v) is 11.5. The van der Waals surface area contributed by atoms with Crippen LogP contribution >= 0.6 is 23.1 Å². The molecule has 0 radical (unpaired) electrons. The molecule has 4 rings (SSSR count). The van der Waals surface area contributed by atoms with Crippen molar-refractivity contribution in [2.24, 2.45) is 0 Å². The molecule has 0 amide bonds. The maximum atomic E-state index is 12.8. The Balaban J connectivity index is 1.66. The van der Waals surface area contributed by atoms with Gasteiger partial charge in [0.2, 0.25) is 0 Å². The Morgan fingerprint density at radius 1 is 1.19 bits per heavy atom. The SMILES string of the molecule is COc1ccc2c(-c3ccccc3)cc(SCC(=O)[C@@H](C#N)c3nc(C)cs3)nc2c1. The summed E-state index contributed by atoms with van der Waals surface area (Å²) >= 11 is 2.68. The van der Waals surface area contributed by atoms with Gasteiger partial charge in [-0.1, -0.05) is 42.1 Å². The molecule has 5 nitrogen and oxygen atoms in total. The van der Waals surface area contributed by atoms with Gasteiger partial charge in [-0.25, -0.2) is 9.97 Å². The quantitative estimate of drug-likeness (QED) is 0.343. The largest absolute Gasteiger partial charge is 0.497 e. The molecule has 4 aromatic rings. The van der Waals surface area contributed by atoms with Crippen molar-refractivity contribution in [3.63, 3.8) is 0 Å². The number of benzene rings is 2. The Kier molecular flexibility index (Phi) is 6.31. The highest BCUT2D eigenvalue weighted by atomic mass is 32.2. The summed E-state index contributed by atoms with van der Waals surface area (Å²) in [6.07, 6.45) is 0. The highest BCUT2D eigenvalue weighted by Crippen LogP contribution is 2.34. The number of hydrogen-bond donors (Lipinski definition) is 0. The van der Waals surface area contributed by atoms with Crippen molar-refractivity contribution in [3.05, 3.63) is 70.7 Å². The molecule has 2 aromatic carbocycles. The second kappa shape index (κ2) is 9.29. The number of hydrogen-bond acceptors (Lipinski definition) is 7. The van der Waals surface area contributed by atoms with Crippen LogP contribution in [0.15, 0.2) is 65.0 Å². The predicted octanol–water partition coefficient (Wildman–Crippen LogP) is 5.64. The van der Waals surface area contributed by atoms with Gasteiger partial charge in [-0.05, 0) is 36.2 Å². The first kappa shape index (κ1) is 21.0. The third-order valence-corrected chi connectivity index (χ3v) is 6.74. The van der Waals surface area contributed by atoms with Crippen molar-refractivity contribution in [1.29, 1.82) is 5.26 Å². The van der Waals surface area contributed by atoms with Crippen LogP contribution in [0.4, 0.5) is 0 Å². The van der Waals surface area contributed by atoms with Gasteiger partial charge in [0.1, 0.15) is 10.8 Å². The molecule has 0 saturated carbocycles. The topological polar surface area (TPSA) is 75.9 Å². The predicted molar refractivity (Wildman–Crippen MR) is 125 cm³/mol. The van der Waals surface area contributed by atoms with E-state index < -0.39 is 5.92 Å². The summed E-state index contributed by atoms with van der Waals surface area (Å²) in [7, 11) is 1.62. The number of thioether (sulfide) groups is 1. The fourth-order valence-corrected chi connectivity index (χ4v) is 4.92. The lowest BCUT2D eigenvalue weighted by atomic mass is 10.0. The summed E-state index contributed by atoms with van der Waals surface area (Å²) in [5, 5.41) is 13.6. The molecule has 0 saturated heterocycles. The summed E-state index contributed by atoms with van der Waals surface area (Å²) in [5.41, 5.74) is 3.72. The molecule has 2 aromatic heterocycles. The summed E-state index contributed by atoms with van der Waals surface area (Å²) in [6, 6.07) is 20.0. The molecule has 0 bridgehead atoms. The zero-order valence-electron chi connectivity index (χ0n) is 17.0. The number of thiazole rings is 1. The maximum Gasteiger partial charge on any atom is 0.167 e. The smallest absolute Gasteiger partial charge is 0.167 e. The number of ether oxygens (including phenoxy) is 1. The Hall–Kier alpha value is -3.21. The summed E-state index contributed by atoms with van der Waals surface area (Å²) in [4.78, 5) is 21.8. The number of Topliss-reactive ketones (excluding diaryl/α,β-unsaturated/α-hetero) is 1. The molecule has 0 aliphatic carbocycles. The first-order chi connectivity index (χ1) is 15.1. The molecule has 7 heteroatoms. The third-order valence-electron chi connectivity index (χ3n) is 4.78. The van der Waals surface area contributed by atoms with Gasteiger partial charge in [0.05, 0.1) is 29.5 Å². The van der Waals surface area contributed by atoms with Crippen molar-refractivity contribution >= 4 is 39.8 Å². The number of aromatic nitrogens is 2. The van der Waals surface area contributed by atoms with Crippen LogP contribution in [-0.2, 0) is 4.79 Å². The number of methoxy groups -OCH3 is 1. The highest BCUT2D eigenvalue weighted by Gasteiger charge is 2.23. The number of aryl methyl sites for hydroxylation is 1. The number of carbonyl (C=O) groups is 1. The van der Waals surface area contributed by atoms with Crippen LogP contribution in [-0.4, -0.2) is 28.6 Å². The number of fused-ring (bicyclic) bond motifs is 1. The van der Waals surface area contributed by atoms with E-state index in [2.05, 4.69) is 23.2 Å². The lowest BCUT2D eigenvalue weighted by molar-refractivity contribution is -0.116. The van der Waals surface area contributed by atoms with Gasteiger partial charge < -0.3 is 4.74 Å². The first-order valence-electron chi connectivity index (χ1n) is 9.60. The van der Waals surface area contributed by atoms with Gasteiger partial charge in [-0.15, -0.1) is 11.3 Å². The molecule has 0 fully saturated rings. The van der Waals surface area contributed by atoms with Gasteiger partial charge in [-0.3, -0.25) is 4.79 Å². The number of nitriles is 1. The average Bonchev–Trinajstić information content (AvgIpc) is 3.23. The fourth-order valence-electron chi connectivity index (χ4n) is 3.24. The normalized spacial score (nSPS) is 11.8. The number of nitrogens with zero attached hydrogens (tertiary/aromatic N) is 3. The van der Waals surface area contributed by atoms with Crippen molar-refractivity contribution < 1.29 is 9.53 Å². The minimum absolute atomic E-state index is 0.146. The number of pyridine rings is 1. The Bertz CT molecular complexity index is 1280. The molecule has 0 N–H and O–H groups in total. The van der Waals surface area contributed by atoms with E-state index in [-0.39, 0.29) is 11.5 Å². The molecular weight excluding hydrogens is 426 g/mol. The maximum absolute atomic E-state index is 12.8. The number of carbonyl (C=O) groups excluding carboxylic acids is 1. The Morgan fingerprint density at radius 3 is 2.68 bits per heavy atom. The average molecular weight is 446 g/mol. The van der Waals surface area contributed by atoms with E-state index in [4.69, 9.17) is 9.72 Å². The van der Waals surface area contributed by atoms with Crippen molar-refractivity contribution in [2.75, 3.05) is 12.9 Å². The van der Waals surface area contributed by atoms with E-state index in [1.165, 1.54) is 23.1 Å². The van der Waals surface area contributed by atoms with Crippen LogP contribution in [0, 0.1) is 18.3 Å². The van der Waals surface area contributed by atoms with Gasteiger partial charge in [0.25, 0.3) is 0 Å². The zero-order valence-corrected chi connectivity index (χ0v) is 18.7. The van der Waals surface area contributed by atoms with Gasteiger partial charge in [0, 0.05) is 22.5 Å². The van der Waals surface area contributed by atoms with E-state index in [1.807, 2.05) is 54.8 Å².